The zero-order chi connectivity index (χ0) is 6.85. The summed E-state index contributed by atoms with van der Waals surface area (Å²) in [5, 5.41) is 2.15. The molecule has 1 heterocycles. The summed E-state index contributed by atoms with van der Waals surface area (Å²) in [5.41, 5.74) is 0.569. The Bertz CT molecular complexity index is 196. The van der Waals surface area contributed by atoms with Crippen molar-refractivity contribution >= 4 is 11.8 Å². The number of hydrogen-bond donors (Lipinski definition) is 2. The van der Waals surface area contributed by atoms with Gasteiger partial charge in [0.1, 0.15) is 0 Å². The second-order valence-corrected chi connectivity index (χ2v) is 1.84. The van der Waals surface area contributed by atoms with Gasteiger partial charge < -0.3 is 6.15 Å². The molecule has 10 heavy (non-hydrogen) atoms. The highest BCUT2D eigenvalue weighted by molar-refractivity contribution is 6.16. The predicted octanol–water partition coefficient (Wildman–Crippen LogP) is 0.141. The summed E-state index contributed by atoms with van der Waals surface area (Å²) in [7, 11) is 0. The summed E-state index contributed by atoms with van der Waals surface area (Å²) in [6, 6.07) is 0. The maximum absolute atomic E-state index is 10.6. The van der Waals surface area contributed by atoms with Gasteiger partial charge in [0.25, 0.3) is 11.8 Å². The minimum atomic E-state index is -0.295. The second-order valence-electron chi connectivity index (χ2n) is 1.84. The van der Waals surface area contributed by atoms with Crippen molar-refractivity contribution < 1.29 is 9.59 Å². The Morgan fingerprint density at radius 1 is 1.50 bits per heavy atom. The van der Waals surface area contributed by atoms with Gasteiger partial charge in [-0.25, -0.2) is 0 Å². The lowest BCUT2D eigenvalue weighted by Gasteiger charge is -1.89. The molecule has 2 amide bonds. The lowest BCUT2D eigenvalue weighted by molar-refractivity contribution is -0.123. The number of amides is 2. The van der Waals surface area contributed by atoms with Gasteiger partial charge >= 0.3 is 0 Å². The maximum Gasteiger partial charge on any atom is 0.254 e. The first-order valence-corrected chi connectivity index (χ1v) is 2.80. The molecule has 56 valence electrons. The molecule has 0 spiro atoms. The Hall–Kier alpha value is -1.16. The molecule has 0 aromatic heterocycles. The van der Waals surface area contributed by atoms with Crippen molar-refractivity contribution in [3.8, 4) is 0 Å². The van der Waals surface area contributed by atoms with Crippen LogP contribution >= 0.6 is 0 Å². The summed E-state index contributed by atoms with van der Waals surface area (Å²) in [4.78, 5) is 21.0. The minimum Gasteiger partial charge on any atom is -0.344 e. The summed E-state index contributed by atoms with van der Waals surface area (Å²) in [5.74, 6) is -0.542. The molecule has 0 atom stereocenters. The van der Waals surface area contributed by atoms with E-state index in [0.29, 0.717) is 12.0 Å². The lowest BCUT2D eigenvalue weighted by Crippen LogP contribution is -2.21. The smallest absolute Gasteiger partial charge is 0.254 e. The van der Waals surface area contributed by atoms with E-state index in [4.69, 9.17) is 0 Å². The van der Waals surface area contributed by atoms with Crippen molar-refractivity contribution in [3.63, 3.8) is 0 Å². The van der Waals surface area contributed by atoms with E-state index in [9.17, 15) is 9.59 Å². The summed E-state index contributed by atoms with van der Waals surface area (Å²) in [6.07, 6.45) is 1.96. The first-order valence-electron chi connectivity index (χ1n) is 2.80. The van der Waals surface area contributed by atoms with Crippen molar-refractivity contribution in [2.24, 2.45) is 0 Å². The molecule has 1 rings (SSSR count). The van der Waals surface area contributed by atoms with Crippen molar-refractivity contribution in [2.75, 3.05) is 0 Å². The minimum absolute atomic E-state index is 0. The first-order chi connectivity index (χ1) is 4.24. The number of carbonyl (C=O) groups is 2. The third-order valence-electron chi connectivity index (χ3n) is 1.21. The summed E-state index contributed by atoms with van der Waals surface area (Å²) in [6.45, 7) is 1.84. The van der Waals surface area contributed by atoms with Crippen LogP contribution in [0.4, 0.5) is 0 Å². The van der Waals surface area contributed by atoms with E-state index in [1.807, 2.05) is 6.92 Å². The molecule has 1 aliphatic rings. The molecule has 4 nitrogen and oxygen atoms in total. The molecule has 0 bridgehead atoms. The van der Waals surface area contributed by atoms with Gasteiger partial charge in [-0.05, 0) is 6.42 Å². The van der Waals surface area contributed by atoms with Crippen LogP contribution < -0.4 is 11.5 Å². The highest BCUT2D eigenvalue weighted by atomic mass is 16.2. The number of rotatable bonds is 1. The van der Waals surface area contributed by atoms with E-state index in [-0.39, 0.29) is 18.0 Å². The van der Waals surface area contributed by atoms with Crippen LogP contribution in [-0.2, 0) is 9.59 Å². The van der Waals surface area contributed by atoms with Crippen LogP contribution in [0.25, 0.3) is 0 Å². The van der Waals surface area contributed by atoms with E-state index in [1.165, 1.54) is 6.08 Å². The predicted molar refractivity (Wildman–Crippen MR) is 36.5 cm³/mol. The topological polar surface area (TPSA) is 81.2 Å². The van der Waals surface area contributed by atoms with E-state index in [0.717, 1.165) is 0 Å². The molecule has 0 fully saturated rings. The molecule has 4 heteroatoms. The summed E-state index contributed by atoms with van der Waals surface area (Å²) >= 11 is 0. The number of imide groups is 1. The molecular weight excluding hydrogens is 132 g/mol. The van der Waals surface area contributed by atoms with Crippen LogP contribution in [0.2, 0.25) is 0 Å². The normalized spacial score (nSPS) is 15.9. The molecule has 0 radical (unpaired) electrons. The average molecular weight is 142 g/mol. The third-order valence-corrected chi connectivity index (χ3v) is 1.21. The SMILES string of the molecule is CCC1=CC(=O)NC1=O.N. The van der Waals surface area contributed by atoms with Gasteiger partial charge in [0, 0.05) is 11.6 Å². The Morgan fingerprint density at radius 3 is 2.30 bits per heavy atom. The first kappa shape index (κ1) is 8.84. The molecule has 1 aliphatic heterocycles. The average Bonchev–Trinajstić information content (AvgIpc) is 2.10. The largest absolute Gasteiger partial charge is 0.344 e. The second kappa shape index (κ2) is 3.12. The maximum atomic E-state index is 10.6. The van der Waals surface area contributed by atoms with Crippen molar-refractivity contribution in [3.05, 3.63) is 11.6 Å². The van der Waals surface area contributed by atoms with Crippen molar-refractivity contribution in [1.29, 1.82) is 0 Å². The molecule has 0 saturated carbocycles. The van der Waals surface area contributed by atoms with Gasteiger partial charge in [0.2, 0.25) is 0 Å². The van der Waals surface area contributed by atoms with Crippen LogP contribution in [0.3, 0.4) is 0 Å². The van der Waals surface area contributed by atoms with Crippen molar-refractivity contribution in [1.82, 2.24) is 11.5 Å². The molecule has 0 saturated heterocycles. The standard InChI is InChI=1S/C6H7NO2.H3N/c1-2-4-3-5(8)7-6(4)9;/h3H,2H2,1H3,(H,7,8,9);1H3. The van der Waals surface area contributed by atoms with Gasteiger partial charge in [0.15, 0.2) is 0 Å². The monoisotopic (exact) mass is 142 g/mol. The molecule has 0 aliphatic carbocycles. The highest BCUT2D eigenvalue weighted by Gasteiger charge is 2.17. The Morgan fingerprint density at radius 2 is 2.10 bits per heavy atom. The quantitative estimate of drug-likeness (QED) is 0.511. The van der Waals surface area contributed by atoms with Crippen LogP contribution in [0.5, 0.6) is 0 Å². The Kier molecular flexibility index (Phi) is 2.76. The van der Waals surface area contributed by atoms with Crippen LogP contribution in [0.1, 0.15) is 13.3 Å². The molecule has 0 aromatic rings. The van der Waals surface area contributed by atoms with Crippen molar-refractivity contribution in [2.45, 2.75) is 13.3 Å². The zero-order valence-corrected chi connectivity index (χ0v) is 5.81. The number of nitrogens with one attached hydrogen (secondary N) is 1. The van der Waals surface area contributed by atoms with Crippen LogP contribution in [-0.4, -0.2) is 11.8 Å². The molecule has 0 unspecified atom stereocenters. The lowest BCUT2D eigenvalue weighted by atomic mass is 10.2. The van der Waals surface area contributed by atoms with E-state index >= 15 is 0 Å². The fourth-order valence-corrected chi connectivity index (χ4v) is 0.715. The molecule has 0 aromatic carbocycles. The van der Waals surface area contributed by atoms with Crippen LogP contribution in [0.15, 0.2) is 11.6 Å². The fraction of sp³-hybridized carbons (Fsp3) is 0.333. The number of carbonyl (C=O) groups excluding carboxylic acids is 2. The highest BCUT2D eigenvalue weighted by Crippen LogP contribution is 2.04. The van der Waals surface area contributed by atoms with E-state index < -0.39 is 0 Å². The van der Waals surface area contributed by atoms with E-state index in [1.54, 1.807) is 0 Å². The van der Waals surface area contributed by atoms with E-state index in [2.05, 4.69) is 5.32 Å². The van der Waals surface area contributed by atoms with Gasteiger partial charge in [-0.1, -0.05) is 6.92 Å². The van der Waals surface area contributed by atoms with Gasteiger partial charge in [0.05, 0.1) is 0 Å². The van der Waals surface area contributed by atoms with Gasteiger partial charge in [-0.15, -0.1) is 0 Å². The summed E-state index contributed by atoms with van der Waals surface area (Å²) < 4.78 is 0. The Labute approximate surface area is 58.9 Å². The Balaban J connectivity index is 0.000000810. The number of hydrogen-bond acceptors (Lipinski definition) is 3. The fourth-order valence-electron chi connectivity index (χ4n) is 0.715. The molecule has 4 N–H and O–H groups in total. The van der Waals surface area contributed by atoms with Gasteiger partial charge in [-0.3, -0.25) is 14.9 Å². The third kappa shape index (κ3) is 1.41. The zero-order valence-electron chi connectivity index (χ0n) is 5.81. The van der Waals surface area contributed by atoms with Gasteiger partial charge in [-0.2, -0.15) is 0 Å². The van der Waals surface area contributed by atoms with Crippen LogP contribution in [0, 0.1) is 0 Å². The molecular formula is C6H10N2O2.